The van der Waals surface area contributed by atoms with Crippen molar-refractivity contribution in [3.05, 3.63) is 11.6 Å². The molecule has 0 spiro atoms. The standard InChI is InChI=1S/C15H16F6O4/c1-7(13(23)25-11-5-9(6-11)15(19,20)21)2-12(22)24-10-3-8(4-10)14(16,17)18/h2,8-11H,3-6H2,1H3/b7-2-. The van der Waals surface area contributed by atoms with Gasteiger partial charge >= 0.3 is 24.3 Å². The second-order valence-corrected chi connectivity index (χ2v) is 6.33. The number of rotatable bonds is 4. The van der Waals surface area contributed by atoms with Crippen molar-refractivity contribution >= 4 is 11.9 Å². The van der Waals surface area contributed by atoms with Gasteiger partial charge in [0.25, 0.3) is 0 Å². The molecule has 2 aliphatic carbocycles. The SMILES string of the molecule is C/C(=C/C(=O)OC1CC(C(F)(F)F)C1)C(=O)OC1CC(C(F)(F)F)C1. The zero-order valence-corrected chi connectivity index (χ0v) is 13.1. The Morgan fingerprint density at radius 1 is 0.840 bits per heavy atom. The third-order valence-corrected chi connectivity index (χ3v) is 4.33. The predicted octanol–water partition coefficient (Wildman–Crippen LogP) is 3.70. The van der Waals surface area contributed by atoms with Crippen LogP contribution in [0.3, 0.4) is 0 Å². The van der Waals surface area contributed by atoms with Gasteiger partial charge in [-0.1, -0.05) is 0 Å². The van der Waals surface area contributed by atoms with E-state index in [4.69, 9.17) is 9.47 Å². The highest BCUT2D eigenvalue weighted by Crippen LogP contribution is 2.43. The molecule has 2 aliphatic rings. The molecular weight excluding hydrogens is 358 g/mol. The van der Waals surface area contributed by atoms with Crippen LogP contribution in [0.2, 0.25) is 0 Å². The minimum absolute atomic E-state index is 0.188. The first-order valence-corrected chi connectivity index (χ1v) is 7.59. The van der Waals surface area contributed by atoms with Crippen LogP contribution < -0.4 is 0 Å². The summed E-state index contributed by atoms with van der Waals surface area (Å²) in [6.45, 7) is 1.21. The Morgan fingerprint density at radius 3 is 1.64 bits per heavy atom. The van der Waals surface area contributed by atoms with Crippen LogP contribution in [0, 0.1) is 11.8 Å². The van der Waals surface area contributed by atoms with E-state index >= 15 is 0 Å². The first-order chi connectivity index (χ1) is 11.4. The van der Waals surface area contributed by atoms with Crippen LogP contribution in [0.15, 0.2) is 11.6 Å². The molecule has 0 aromatic heterocycles. The summed E-state index contributed by atoms with van der Waals surface area (Å²) in [4.78, 5) is 23.2. The Morgan fingerprint density at radius 2 is 1.24 bits per heavy atom. The number of carbonyl (C=O) groups excluding carboxylic acids is 2. The van der Waals surface area contributed by atoms with Crippen LogP contribution in [-0.4, -0.2) is 36.5 Å². The molecule has 2 saturated carbocycles. The molecule has 0 amide bonds. The third kappa shape index (κ3) is 5.12. The molecule has 0 heterocycles. The van der Waals surface area contributed by atoms with Gasteiger partial charge in [-0.2, -0.15) is 26.3 Å². The lowest BCUT2D eigenvalue weighted by molar-refractivity contribution is -0.219. The molecule has 2 rings (SSSR count). The number of halogens is 6. The first kappa shape index (κ1) is 19.6. The maximum absolute atomic E-state index is 12.3. The third-order valence-electron chi connectivity index (χ3n) is 4.33. The Bertz CT molecular complexity index is 553. The number of carbonyl (C=O) groups is 2. The highest BCUT2D eigenvalue weighted by molar-refractivity contribution is 5.96. The van der Waals surface area contributed by atoms with Crippen molar-refractivity contribution in [3.8, 4) is 0 Å². The molecule has 0 aliphatic heterocycles. The van der Waals surface area contributed by atoms with Gasteiger partial charge in [-0.3, -0.25) is 0 Å². The molecule has 25 heavy (non-hydrogen) atoms. The summed E-state index contributed by atoms with van der Waals surface area (Å²) in [7, 11) is 0. The van der Waals surface area contributed by atoms with Gasteiger partial charge in [0.2, 0.25) is 0 Å². The molecular formula is C15H16F6O4. The van der Waals surface area contributed by atoms with Crippen LogP contribution in [0.1, 0.15) is 32.6 Å². The van der Waals surface area contributed by atoms with E-state index in [-0.39, 0.29) is 31.3 Å². The predicted molar refractivity (Wildman–Crippen MR) is 71.1 cm³/mol. The highest BCUT2D eigenvalue weighted by Gasteiger charge is 2.50. The summed E-state index contributed by atoms with van der Waals surface area (Å²) in [5.41, 5.74) is -0.188. The zero-order chi connectivity index (χ0) is 19.0. The average molecular weight is 374 g/mol. The second-order valence-electron chi connectivity index (χ2n) is 6.33. The number of ether oxygens (including phenoxy) is 2. The van der Waals surface area contributed by atoms with E-state index in [0.29, 0.717) is 0 Å². The topological polar surface area (TPSA) is 52.6 Å². The highest BCUT2D eigenvalue weighted by atomic mass is 19.4. The summed E-state index contributed by atoms with van der Waals surface area (Å²) < 4.78 is 83.5. The van der Waals surface area contributed by atoms with Gasteiger partial charge in [0.15, 0.2) is 0 Å². The van der Waals surface area contributed by atoms with Crippen molar-refractivity contribution in [3.63, 3.8) is 0 Å². The minimum atomic E-state index is -4.32. The van der Waals surface area contributed by atoms with E-state index in [2.05, 4.69) is 0 Å². The minimum Gasteiger partial charge on any atom is -0.459 e. The number of hydrogen-bond donors (Lipinski definition) is 0. The van der Waals surface area contributed by atoms with Crippen molar-refractivity contribution in [1.29, 1.82) is 0 Å². The fourth-order valence-electron chi connectivity index (χ4n) is 2.54. The zero-order valence-electron chi connectivity index (χ0n) is 13.1. The van der Waals surface area contributed by atoms with E-state index in [1.165, 1.54) is 6.92 Å². The van der Waals surface area contributed by atoms with Gasteiger partial charge < -0.3 is 9.47 Å². The maximum Gasteiger partial charge on any atom is 0.392 e. The van der Waals surface area contributed by atoms with E-state index < -0.39 is 48.3 Å². The van der Waals surface area contributed by atoms with Gasteiger partial charge in [-0.05, 0) is 32.6 Å². The van der Waals surface area contributed by atoms with Crippen LogP contribution in [0.5, 0.6) is 0 Å². The quantitative estimate of drug-likeness (QED) is 0.428. The van der Waals surface area contributed by atoms with Gasteiger partial charge in [0.1, 0.15) is 12.2 Å². The second kappa shape index (κ2) is 6.87. The Hall–Kier alpha value is -1.74. The molecule has 0 atom stereocenters. The van der Waals surface area contributed by atoms with E-state index in [1.54, 1.807) is 0 Å². The monoisotopic (exact) mass is 374 g/mol. The molecule has 0 bridgehead atoms. The molecule has 0 aromatic rings. The Kier molecular flexibility index (Phi) is 5.38. The summed E-state index contributed by atoms with van der Waals surface area (Å²) in [6, 6.07) is 0. The summed E-state index contributed by atoms with van der Waals surface area (Å²) in [5.74, 6) is -4.94. The normalized spacial score (nSPS) is 30.1. The largest absolute Gasteiger partial charge is 0.459 e. The molecule has 4 nitrogen and oxygen atoms in total. The summed E-state index contributed by atoms with van der Waals surface area (Å²) in [5, 5.41) is 0. The Labute approximate surface area is 139 Å². The van der Waals surface area contributed by atoms with Crippen molar-refractivity contribution in [1.82, 2.24) is 0 Å². The number of hydrogen-bond acceptors (Lipinski definition) is 4. The lowest BCUT2D eigenvalue weighted by Gasteiger charge is -2.36. The van der Waals surface area contributed by atoms with E-state index in [0.717, 1.165) is 6.08 Å². The maximum atomic E-state index is 12.3. The van der Waals surface area contributed by atoms with E-state index in [9.17, 15) is 35.9 Å². The van der Waals surface area contributed by atoms with Gasteiger partial charge in [0, 0.05) is 11.6 Å². The van der Waals surface area contributed by atoms with Crippen LogP contribution >= 0.6 is 0 Å². The molecule has 0 aromatic carbocycles. The molecule has 0 N–H and O–H groups in total. The fraction of sp³-hybridized carbons (Fsp3) is 0.733. The smallest absolute Gasteiger partial charge is 0.392 e. The van der Waals surface area contributed by atoms with E-state index in [1.807, 2.05) is 0 Å². The van der Waals surface area contributed by atoms with Crippen LogP contribution in [0.4, 0.5) is 26.3 Å². The molecule has 2 fully saturated rings. The van der Waals surface area contributed by atoms with Crippen molar-refractivity contribution in [2.45, 2.75) is 57.2 Å². The Balaban J connectivity index is 1.72. The number of alkyl halides is 6. The molecule has 142 valence electrons. The van der Waals surface area contributed by atoms with Crippen LogP contribution in [0.25, 0.3) is 0 Å². The summed E-state index contributed by atoms with van der Waals surface area (Å²) >= 11 is 0. The lowest BCUT2D eigenvalue weighted by atomic mass is 9.82. The molecule has 0 radical (unpaired) electrons. The first-order valence-electron chi connectivity index (χ1n) is 7.59. The molecule has 0 saturated heterocycles. The van der Waals surface area contributed by atoms with Gasteiger partial charge in [-0.25, -0.2) is 9.59 Å². The van der Waals surface area contributed by atoms with Gasteiger partial charge in [-0.15, -0.1) is 0 Å². The molecule has 10 heteroatoms. The van der Waals surface area contributed by atoms with Crippen molar-refractivity contribution < 1.29 is 45.4 Å². The summed E-state index contributed by atoms with van der Waals surface area (Å²) in [6.07, 6.45) is -10.9. The lowest BCUT2D eigenvalue weighted by Crippen LogP contribution is -2.41. The van der Waals surface area contributed by atoms with Gasteiger partial charge in [0.05, 0.1) is 11.8 Å². The van der Waals surface area contributed by atoms with Crippen molar-refractivity contribution in [2.75, 3.05) is 0 Å². The van der Waals surface area contributed by atoms with Crippen molar-refractivity contribution in [2.24, 2.45) is 11.8 Å². The number of esters is 2. The molecule has 0 unspecified atom stereocenters. The van der Waals surface area contributed by atoms with Crippen LogP contribution in [-0.2, 0) is 19.1 Å². The average Bonchev–Trinajstić information content (AvgIpc) is 2.33. The fourth-order valence-corrected chi connectivity index (χ4v) is 2.54.